The van der Waals surface area contributed by atoms with Gasteiger partial charge in [0, 0.05) is 0 Å². The summed E-state index contributed by atoms with van der Waals surface area (Å²) < 4.78 is 2.35. The van der Waals surface area contributed by atoms with Crippen molar-refractivity contribution in [2.45, 2.75) is 16.2 Å². The van der Waals surface area contributed by atoms with Crippen molar-refractivity contribution < 1.29 is 0 Å². The van der Waals surface area contributed by atoms with Gasteiger partial charge in [0.2, 0.25) is 3.79 Å². The molecule has 0 aromatic carbocycles. The number of nitrogens with one attached hydrogen (secondary N) is 1. The summed E-state index contributed by atoms with van der Waals surface area (Å²) in [5, 5.41) is 14.5. The third-order valence-electron chi connectivity index (χ3n) is 2.24. The number of thioether (sulfide) groups is 1. The molecule has 0 spiro atoms. The zero-order valence-corrected chi connectivity index (χ0v) is 12.7. The smallest absolute Gasteiger partial charge is 0.240 e. The lowest BCUT2D eigenvalue weighted by atomic mass is 10.4. The first-order valence-corrected chi connectivity index (χ1v) is 7.50. The Labute approximate surface area is 126 Å². The maximum atomic E-state index is 5.82. The molecule has 0 amide bonds. The van der Waals surface area contributed by atoms with Gasteiger partial charge in [-0.1, -0.05) is 51.1 Å². The van der Waals surface area contributed by atoms with Gasteiger partial charge in [-0.15, -0.1) is 5.10 Å². The molecule has 3 heterocycles. The van der Waals surface area contributed by atoms with Crippen LogP contribution in [0.2, 0.25) is 0 Å². The Morgan fingerprint density at radius 1 is 1.39 bits per heavy atom. The van der Waals surface area contributed by atoms with Crippen LogP contribution in [0.15, 0.2) is 10.2 Å². The lowest BCUT2D eigenvalue weighted by Crippen LogP contribution is -2.30. The second-order valence-corrected chi connectivity index (χ2v) is 7.57. The Morgan fingerprint density at radius 2 is 2.17 bits per heavy atom. The predicted octanol–water partition coefficient (Wildman–Crippen LogP) is 2.13. The molecule has 1 atom stereocenters. The molecular formula is C7H5Cl3N6S2. The topological polar surface area (TPSA) is 65.8 Å². The van der Waals surface area contributed by atoms with Gasteiger partial charge in [-0.2, -0.15) is 10.2 Å². The predicted molar refractivity (Wildman–Crippen MR) is 75.3 cm³/mol. The van der Waals surface area contributed by atoms with Gasteiger partial charge in [0.15, 0.2) is 11.3 Å². The standard InChI is InChI=1S/C7H5Cl3N6S2/c1-2-3(18-15-11-2)4-12-13-6-16(4)14-5(17-6)7(8,9)10/h6,13H,1H3. The molecule has 2 aliphatic rings. The second-order valence-electron chi connectivity index (χ2n) is 3.47. The minimum absolute atomic E-state index is 0.188. The van der Waals surface area contributed by atoms with Crippen molar-refractivity contribution in [3.05, 3.63) is 10.6 Å². The number of rotatable bonds is 1. The van der Waals surface area contributed by atoms with Gasteiger partial charge in [0.1, 0.15) is 9.92 Å². The average molecular weight is 344 g/mol. The third-order valence-corrected chi connectivity index (χ3v) is 5.08. The molecule has 0 fully saturated rings. The fourth-order valence-corrected chi connectivity index (χ4v) is 3.44. The van der Waals surface area contributed by atoms with Crippen LogP contribution in [0.25, 0.3) is 0 Å². The van der Waals surface area contributed by atoms with Crippen molar-refractivity contribution in [2.24, 2.45) is 10.2 Å². The number of aromatic nitrogens is 2. The van der Waals surface area contributed by atoms with E-state index in [2.05, 4.69) is 25.2 Å². The third kappa shape index (κ3) is 2.05. The van der Waals surface area contributed by atoms with E-state index in [1.165, 1.54) is 23.3 Å². The molecule has 1 unspecified atom stereocenters. The summed E-state index contributed by atoms with van der Waals surface area (Å²) in [6.07, 6.45) is 0. The molecule has 1 aromatic heterocycles. The summed E-state index contributed by atoms with van der Waals surface area (Å²) in [6.45, 7) is 1.86. The van der Waals surface area contributed by atoms with Gasteiger partial charge < -0.3 is 0 Å². The van der Waals surface area contributed by atoms with Crippen LogP contribution >= 0.6 is 58.1 Å². The van der Waals surface area contributed by atoms with Crippen molar-refractivity contribution in [3.63, 3.8) is 0 Å². The molecular weight excluding hydrogens is 339 g/mol. The van der Waals surface area contributed by atoms with Crippen molar-refractivity contribution in [1.29, 1.82) is 0 Å². The molecule has 0 radical (unpaired) electrons. The van der Waals surface area contributed by atoms with Crippen LogP contribution in [0.4, 0.5) is 0 Å². The number of nitrogens with zero attached hydrogens (tertiary/aromatic N) is 5. The first-order valence-electron chi connectivity index (χ1n) is 4.71. The Hall–Kier alpha value is -0.280. The highest BCUT2D eigenvalue weighted by atomic mass is 35.6. The maximum absolute atomic E-state index is 5.82. The van der Waals surface area contributed by atoms with Crippen molar-refractivity contribution in [1.82, 2.24) is 20.0 Å². The molecule has 2 aliphatic heterocycles. The van der Waals surface area contributed by atoms with E-state index in [4.69, 9.17) is 34.8 Å². The van der Waals surface area contributed by atoms with Gasteiger partial charge >= 0.3 is 0 Å². The number of aryl methyl sites for hydroxylation is 1. The Bertz CT molecular complexity index is 550. The second kappa shape index (κ2) is 4.38. The first kappa shape index (κ1) is 12.7. The van der Waals surface area contributed by atoms with Gasteiger partial charge in [0.25, 0.3) is 0 Å². The molecule has 3 rings (SSSR count). The SMILES string of the molecule is Cc1nnsc1C1=NNC2SC(C(Cl)(Cl)Cl)=NN12. The van der Waals surface area contributed by atoms with E-state index in [1.807, 2.05) is 6.92 Å². The van der Waals surface area contributed by atoms with E-state index < -0.39 is 3.79 Å². The normalized spacial score (nSPS) is 22.7. The molecule has 0 aliphatic carbocycles. The van der Waals surface area contributed by atoms with Crippen LogP contribution in [-0.2, 0) is 0 Å². The highest BCUT2D eigenvalue weighted by Gasteiger charge is 2.43. The number of alkyl halides is 3. The summed E-state index contributed by atoms with van der Waals surface area (Å²) >= 11 is 20.0. The van der Waals surface area contributed by atoms with E-state index in [-0.39, 0.29) is 5.50 Å². The van der Waals surface area contributed by atoms with Crippen molar-refractivity contribution >= 4 is 69.0 Å². The summed E-state index contributed by atoms with van der Waals surface area (Å²) in [5.41, 5.74) is 3.53. The minimum atomic E-state index is -1.53. The first-order chi connectivity index (χ1) is 8.47. The molecule has 0 saturated carbocycles. The van der Waals surface area contributed by atoms with Crippen LogP contribution < -0.4 is 5.43 Å². The lowest BCUT2D eigenvalue weighted by Gasteiger charge is -2.12. The number of halogens is 3. The maximum Gasteiger partial charge on any atom is 0.240 e. The molecule has 1 aromatic rings. The van der Waals surface area contributed by atoms with E-state index in [1.54, 1.807) is 5.01 Å². The van der Waals surface area contributed by atoms with E-state index in [0.717, 1.165) is 10.6 Å². The zero-order chi connectivity index (χ0) is 12.9. The van der Waals surface area contributed by atoms with Gasteiger partial charge in [-0.25, -0.2) is 5.01 Å². The van der Waals surface area contributed by atoms with Gasteiger partial charge in [-0.3, -0.25) is 5.43 Å². The number of hydrogen-bond donors (Lipinski definition) is 1. The van der Waals surface area contributed by atoms with E-state index in [9.17, 15) is 0 Å². The van der Waals surface area contributed by atoms with Crippen LogP contribution in [-0.4, -0.2) is 34.8 Å². The fraction of sp³-hybridized carbons (Fsp3) is 0.429. The largest absolute Gasteiger partial charge is 0.274 e. The molecule has 18 heavy (non-hydrogen) atoms. The summed E-state index contributed by atoms with van der Waals surface area (Å²) in [7, 11) is 0. The fourth-order valence-electron chi connectivity index (χ4n) is 1.45. The molecule has 96 valence electrons. The minimum Gasteiger partial charge on any atom is -0.274 e. The van der Waals surface area contributed by atoms with E-state index >= 15 is 0 Å². The van der Waals surface area contributed by atoms with E-state index in [0.29, 0.717) is 10.9 Å². The molecule has 0 bridgehead atoms. The monoisotopic (exact) mass is 342 g/mol. The molecule has 0 saturated heterocycles. The van der Waals surface area contributed by atoms with Crippen LogP contribution in [0.5, 0.6) is 0 Å². The average Bonchev–Trinajstić information content (AvgIpc) is 2.90. The lowest BCUT2D eigenvalue weighted by molar-refractivity contribution is 0.425. The molecule has 6 nitrogen and oxygen atoms in total. The number of amidine groups is 1. The summed E-state index contributed by atoms with van der Waals surface area (Å²) in [4.78, 5) is 0.847. The Morgan fingerprint density at radius 3 is 2.78 bits per heavy atom. The molecule has 11 heteroatoms. The quantitative estimate of drug-likeness (QED) is 0.791. The zero-order valence-electron chi connectivity index (χ0n) is 8.76. The molecule has 1 N–H and O–H groups in total. The number of hydrazone groups is 2. The number of fused-ring (bicyclic) bond motifs is 1. The summed E-state index contributed by atoms with van der Waals surface area (Å²) in [6, 6.07) is 0. The van der Waals surface area contributed by atoms with Crippen molar-refractivity contribution in [3.8, 4) is 0 Å². The highest BCUT2D eigenvalue weighted by Crippen LogP contribution is 2.41. The van der Waals surface area contributed by atoms with Crippen LogP contribution in [0.3, 0.4) is 0 Å². The Kier molecular flexibility index (Phi) is 3.10. The number of hydrogen-bond acceptors (Lipinski definition) is 8. The van der Waals surface area contributed by atoms with Crippen LogP contribution in [0.1, 0.15) is 10.6 Å². The van der Waals surface area contributed by atoms with Gasteiger partial charge in [-0.05, 0) is 18.5 Å². The Balaban J connectivity index is 1.93. The van der Waals surface area contributed by atoms with Crippen molar-refractivity contribution in [2.75, 3.05) is 0 Å². The van der Waals surface area contributed by atoms with Gasteiger partial charge in [0.05, 0.1) is 5.69 Å². The summed E-state index contributed by atoms with van der Waals surface area (Å²) in [5.74, 6) is 0.643. The van der Waals surface area contributed by atoms with Crippen LogP contribution in [0, 0.1) is 6.92 Å². The highest BCUT2D eigenvalue weighted by molar-refractivity contribution is 8.15.